The number of ether oxygens (including phenoxy) is 2. The van der Waals surface area contributed by atoms with Crippen LogP contribution in [-0.2, 0) is 19.1 Å². The lowest BCUT2D eigenvalue weighted by Gasteiger charge is -2.16. The van der Waals surface area contributed by atoms with Crippen molar-refractivity contribution in [1.29, 1.82) is 0 Å². The summed E-state index contributed by atoms with van der Waals surface area (Å²) in [6.07, 6.45) is 2.77. The molecule has 0 saturated heterocycles. The van der Waals surface area contributed by atoms with Gasteiger partial charge in [-0.1, -0.05) is 12.1 Å². The number of carbonyl (C=O) groups is 3. The van der Waals surface area contributed by atoms with Crippen LogP contribution in [0.2, 0.25) is 0 Å². The van der Waals surface area contributed by atoms with Crippen molar-refractivity contribution in [2.75, 3.05) is 32.1 Å². The van der Waals surface area contributed by atoms with Crippen LogP contribution in [0.4, 0.5) is 10.1 Å². The van der Waals surface area contributed by atoms with E-state index in [1.807, 2.05) is 6.92 Å². The lowest BCUT2D eigenvalue weighted by atomic mass is 10.2. The highest BCUT2D eigenvalue weighted by molar-refractivity contribution is 5.95. The normalized spacial score (nSPS) is 10.5. The van der Waals surface area contributed by atoms with Crippen LogP contribution >= 0.6 is 0 Å². The quantitative estimate of drug-likeness (QED) is 0.504. The highest BCUT2D eigenvalue weighted by atomic mass is 19.1. The fourth-order valence-electron chi connectivity index (χ4n) is 2.33. The van der Waals surface area contributed by atoms with E-state index < -0.39 is 30.2 Å². The van der Waals surface area contributed by atoms with Crippen molar-refractivity contribution in [3.05, 3.63) is 66.0 Å². The molecule has 2 aromatic carbocycles. The van der Waals surface area contributed by atoms with Gasteiger partial charge >= 0.3 is 5.97 Å². The lowest BCUT2D eigenvalue weighted by Crippen LogP contribution is -2.37. The number of hydrogen-bond donors (Lipinski definition) is 1. The van der Waals surface area contributed by atoms with Gasteiger partial charge in [0.25, 0.3) is 5.91 Å². The second-order valence-corrected chi connectivity index (χ2v) is 6.25. The second-order valence-electron chi connectivity index (χ2n) is 6.25. The Kier molecular flexibility index (Phi) is 8.56. The van der Waals surface area contributed by atoms with Crippen LogP contribution < -0.4 is 10.1 Å². The number of halogens is 1. The molecule has 0 radical (unpaired) electrons. The van der Waals surface area contributed by atoms with Crippen LogP contribution in [-0.4, -0.2) is 49.5 Å². The molecule has 2 amide bonds. The van der Waals surface area contributed by atoms with E-state index in [4.69, 9.17) is 9.47 Å². The Morgan fingerprint density at radius 3 is 2.37 bits per heavy atom. The average Bonchev–Trinajstić information content (AvgIpc) is 2.73. The minimum Gasteiger partial charge on any atom is -0.494 e. The van der Waals surface area contributed by atoms with Gasteiger partial charge in [-0.3, -0.25) is 9.59 Å². The summed E-state index contributed by atoms with van der Waals surface area (Å²) >= 11 is 0. The molecule has 1 N–H and O–H groups in total. The van der Waals surface area contributed by atoms with E-state index in [0.717, 1.165) is 16.2 Å². The van der Waals surface area contributed by atoms with Crippen LogP contribution in [0.25, 0.3) is 6.08 Å². The van der Waals surface area contributed by atoms with Gasteiger partial charge in [0.2, 0.25) is 5.91 Å². The molecule has 0 spiro atoms. The van der Waals surface area contributed by atoms with E-state index >= 15 is 0 Å². The molecule has 158 valence electrons. The van der Waals surface area contributed by atoms with Gasteiger partial charge in [-0.2, -0.15) is 0 Å². The molecule has 0 aliphatic carbocycles. The van der Waals surface area contributed by atoms with Crippen molar-refractivity contribution in [2.24, 2.45) is 0 Å². The highest BCUT2D eigenvalue weighted by Gasteiger charge is 2.14. The van der Waals surface area contributed by atoms with Crippen LogP contribution in [0, 0.1) is 5.82 Å². The third-order valence-electron chi connectivity index (χ3n) is 3.88. The molecule has 30 heavy (non-hydrogen) atoms. The topological polar surface area (TPSA) is 84.9 Å². The number of nitrogens with one attached hydrogen (secondary N) is 1. The summed E-state index contributed by atoms with van der Waals surface area (Å²) in [5.74, 6) is -1.36. The second kappa shape index (κ2) is 11.4. The monoisotopic (exact) mass is 414 g/mol. The zero-order valence-corrected chi connectivity index (χ0v) is 16.8. The summed E-state index contributed by atoms with van der Waals surface area (Å²) < 4.78 is 23.1. The maximum atomic E-state index is 12.9. The summed E-state index contributed by atoms with van der Waals surface area (Å²) in [6.45, 7) is 1.72. The van der Waals surface area contributed by atoms with Crippen molar-refractivity contribution in [1.82, 2.24) is 4.90 Å². The Bertz CT molecular complexity index is 895. The number of esters is 1. The Morgan fingerprint density at radius 1 is 1.07 bits per heavy atom. The van der Waals surface area contributed by atoms with Crippen LogP contribution in [0.5, 0.6) is 5.75 Å². The summed E-state index contributed by atoms with van der Waals surface area (Å²) in [5, 5.41) is 2.54. The molecule has 0 aliphatic rings. The van der Waals surface area contributed by atoms with Crippen molar-refractivity contribution in [3.63, 3.8) is 0 Å². The molecule has 0 unspecified atom stereocenters. The average molecular weight is 414 g/mol. The predicted molar refractivity (Wildman–Crippen MR) is 110 cm³/mol. The molecule has 0 aliphatic heterocycles. The molecule has 0 aromatic heterocycles. The summed E-state index contributed by atoms with van der Waals surface area (Å²) in [5.41, 5.74) is 1.18. The zero-order valence-electron chi connectivity index (χ0n) is 16.8. The minimum atomic E-state index is -0.679. The molecule has 8 heteroatoms. The van der Waals surface area contributed by atoms with Crippen molar-refractivity contribution in [2.45, 2.75) is 6.92 Å². The Morgan fingerprint density at radius 2 is 1.73 bits per heavy atom. The van der Waals surface area contributed by atoms with Gasteiger partial charge in [0.1, 0.15) is 11.6 Å². The summed E-state index contributed by atoms with van der Waals surface area (Å²) in [7, 11) is 1.41. The lowest BCUT2D eigenvalue weighted by molar-refractivity contribution is -0.148. The first kappa shape index (κ1) is 22.6. The maximum Gasteiger partial charge on any atom is 0.331 e. The maximum absolute atomic E-state index is 12.9. The van der Waals surface area contributed by atoms with Gasteiger partial charge in [-0.05, 0) is 55.0 Å². The largest absolute Gasteiger partial charge is 0.494 e. The molecule has 2 aromatic rings. The number of likely N-dealkylation sites (N-methyl/N-ethyl adjacent to an activating group) is 1. The first-order valence-electron chi connectivity index (χ1n) is 9.24. The number of carbonyl (C=O) groups excluding carboxylic acids is 3. The van der Waals surface area contributed by atoms with Crippen LogP contribution in [0.15, 0.2) is 54.6 Å². The van der Waals surface area contributed by atoms with E-state index in [-0.39, 0.29) is 6.54 Å². The highest BCUT2D eigenvalue weighted by Crippen LogP contribution is 2.13. The fraction of sp³-hybridized carbons (Fsp3) is 0.227. The van der Waals surface area contributed by atoms with E-state index in [2.05, 4.69) is 5.32 Å². The van der Waals surface area contributed by atoms with Crippen molar-refractivity contribution in [3.8, 4) is 5.75 Å². The molecule has 0 heterocycles. The Hall–Kier alpha value is -3.68. The number of rotatable bonds is 9. The third kappa shape index (κ3) is 7.75. The first-order valence-corrected chi connectivity index (χ1v) is 9.24. The minimum absolute atomic E-state index is 0.240. The molecule has 0 bridgehead atoms. The fourth-order valence-corrected chi connectivity index (χ4v) is 2.33. The smallest absolute Gasteiger partial charge is 0.331 e. The van der Waals surface area contributed by atoms with E-state index in [0.29, 0.717) is 12.3 Å². The molecular weight excluding hydrogens is 391 g/mol. The van der Waals surface area contributed by atoms with E-state index in [1.165, 1.54) is 37.4 Å². The zero-order chi connectivity index (χ0) is 21.9. The molecule has 0 atom stereocenters. The van der Waals surface area contributed by atoms with Gasteiger partial charge in [0.15, 0.2) is 6.61 Å². The standard InChI is InChI=1S/C22H23FN2O5/c1-3-29-19-11-4-16(5-12-19)6-13-22(28)30-15-21(27)25(2)14-20(26)24-18-9-7-17(23)8-10-18/h4-13H,3,14-15H2,1-2H3,(H,24,26)/b13-6+. The Labute approximate surface area is 174 Å². The number of hydrogen-bond acceptors (Lipinski definition) is 5. The Balaban J connectivity index is 1.74. The predicted octanol–water partition coefficient (Wildman–Crippen LogP) is 2.88. The van der Waals surface area contributed by atoms with Gasteiger partial charge in [-0.25, -0.2) is 9.18 Å². The van der Waals surface area contributed by atoms with Crippen molar-refractivity contribution < 1.29 is 28.2 Å². The van der Waals surface area contributed by atoms with Gasteiger partial charge in [0.05, 0.1) is 13.2 Å². The number of benzene rings is 2. The molecule has 2 rings (SSSR count). The molecule has 0 saturated carbocycles. The molecule has 7 nitrogen and oxygen atoms in total. The van der Waals surface area contributed by atoms with E-state index in [1.54, 1.807) is 30.3 Å². The van der Waals surface area contributed by atoms with Gasteiger partial charge < -0.3 is 19.7 Å². The molecular formula is C22H23FN2O5. The van der Waals surface area contributed by atoms with Crippen molar-refractivity contribution >= 4 is 29.5 Å². The van der Waals surface area contributed by atoms with Crippen LogP contribution in [0.1, 0.15) is 12.5 Å². The number of amides is 2. The van der Waals surface area contributed by atoms with E-state index in [9.17, 15) is 18.8 Å². The number of anilines is 1. The summed E-state index contributed by atoms with van der Waals surface area (Å²) in [4.78, 5) is 36.9. The van der Waals surface area contributed by atoms with Gasteiger partial charge in [-0.15, -0.1) is 0 Å². The van der Waals surface area contributed by atoms with Crippen LogP contribution in [0.3, 0.4) is 0 Å². The molecule has 0 fully saturated rings. The third-order valence-corrected chi connectivity index (χ3v) is 3.88. The number of nitrogens with zero attached hydrogens (tertiary/aromatic N) is 1. The van der Waals surface area contributed by atoms with Gasteiger partial charge in [0, 0.05) is 18.8 Å². The SMILES string of the molecule is CCOc1ccc(/C=C/C(=O)OCC(=O)N(C)CC(=O)Nc2ccc(F)cc2)cc1. The summed E-state index contributed by atoms with van der Waals surface area (Å²) in [6, 6.07) is 12.4. The first-order chi connectivity index (χ1) is 14.4.